The molecular weight excluding hydrogens is 288 g/mol. The number of allylic oxidation sites excluding steroid dienone is 3. The van der Waals surface area contributed by atoms with Gasteiger partial charge in [0.15, 0.2) is 5.76 Å². The van der Waals surface area contributed by atoms with Gasteiger partial charge in [0.2, 0.25) is 5.78 Å². The summed E-state index contributed by atoms with van der Waals surface area (Å²) in [4.78, 5) is 12.8. The highest BCUT2D eigenvalue weighted by Gasteiger charge is 2.57. The quantitative estimate of drug-likeness (QED) is 0.820. The van der Waals surface area contributed by atoms with Crippen molar-refractivity contribution < 1.29 is 14.3 Å². The molecule has 0 saturated heterocycles. The van der Waals surface area contributed by atoms with E-state index in [2.05, 4.69) is 26.8 Å². The van der Waals surface area contributed by atoms with E-state index >= 15 is 0 Å². The molecule has 2 aliphatic carbocycles. The van der Waals surface area contributed by atoms with Gasteiger partial charge in [-0.2, -0.15) is 0 Å². The summed E-state index contributed by atoms with van der Waals surface area (Å²) < 4.78 is 5.12. The number of hydrogen-bond acceptors (Lipinski definition) is 3. The summed E-state index contributed by atoms with van der Waals surface area (Å²) in [5.41, 5.74) is 1.58. The van der Waals surface area contributed by atoms with Crippen LogP contribution in [0.2, 0.25) is 0 Å². The zero-order valence-corrected chi connectivity index (χ0v) is 14.4. The van der Waals surface area contributed by atoms with Gasteiger partial charge in [0.05, 0.1) is 12.5 Å². The number of ketones is 1. The summed E-state index contributed by atoms with van der Waals surface area (Å²) in [5, 5.41) is 10.4. The van der Waals surface area contributed by atoms with Gasteiger partial charge < -0.3 is 9.52 Å². The Bertz CT molecular complexity index is 663. The maximum absolute atomic E-state index is 12.8. The largest absolute Gasteiger partial charge is 0.504 e. The molecule has 3 nitrogen and oxygen atoms in total. The molecule has 0 amide bonds. The summed E-state index contributed by atoms with van der Waals surface area (Å²) >= 11 is 0. The van der Waals surface area contributed by atoms with E-state index in [1.54, 1.807) is 12.5 Å². The second-order valence-corrected chi connectivity index (χ2v) is 8.07. The van der Waals surface area contributed by atoms with E-state index in [9.17, 15) is 9.90 Å². The third-order valence-corrected chi connectivity index (χ3v) is 6.05. The molecule has 3 rings (SSSR count). The molecule has 0 radical (unpaired) electrons. The molecule has 3 heteroatoms. The second kappa shape index (κ2) is 5.40. The van der Waals surface area contributed by atoms with Gasteiger partial charge in [0.25, 0.3) is 0 Å². The van der Waals surface area contributed by atoms with Crippen LogP contribution in [-0.2, 0) is 4.79 Å². The van der Waals surface area contributed by atoms with Crippen molar-refractivity contribution in [1.82, 2.24) is 0 Å². The Labute approximate surface area is 138 Å². The van der Waals surface area contributed by atoms with Crippen molar-refractivity contribution in [2.24, 2.45) is 22.7 Å². The van der Waals surface area contributed by atoms with Gasteiger partial charge in [-0.3, -0.25) is 4.79 Å². The van der Waals surface area contributed by atoms with Crippen molar-refractivity contribution in [3.8, 4) is 0 Å². The number of Topliss-reactive ketones (excluding diaryl/α,β-unsaturated/α-hetero) is 1. The Hall–Kier alpha value is -1.77. The molecule has 1 heterocycles. The topological polar surface area (TPSA) is 50.4 Å². The lowest BCUT2D eigenvalue weighted by molar-refractivity contribution is -0.139. The third-order valence-electron chi connectivity index (χ3n) is 6.05. The number of aliphatic hydroxyl groups is 1. The number of aliphatic hydroxyl groups excluding tert-OH is 1. The highest BCUT2D eigenvalue weighted by Crippen LogP contribution is 2.59. The molecular formula is C20H26O3. The first-order chi connectivity index (χ1) is 10.8. The van der Waals surface area contributed by atoms with E-state index < -0.39 is 0 Å². The number of furan rings is 1. The molecule has 2 aliphatic rings. The Balaban J connectivity index is 2.07. The molecule has 124 valence electrons. The molecule has 1 saturated carbocycles. The van der Waals surface area contributed by atoms with Gasteiger partial charge in [-0.05, 0) is 42.2 Å². The van der Waals surface area contributed by atoms with Crippen molar-refractivity contribution in [2.75, 3.05) is 0 Å². The maximum Gasteiger partial charge on any atom is 0.201 e. The van der Waals surface area contributed by atoms with Crippen LogP contribution in [-0.4, -0.2) is 10.9 Å². The molecule has 1 fully saturated rings. The standard InChI is InChI=1S/C20H26O3/c1-13-15(7-6-14-8-11-23-12-14)20(4)10-5-9-19(2,3)18(20)17(22)16(13)21/h6-8,11-12,15,18,21H,5,9-10H2,1-4H3/t15-,18-,20+/m0/s1. The monoisotopic (exact) mass is 314 g/mol. The van der Waals surface area contributed by atoms with E-state index in [0.717, 1.165) is 30.4 Å². The minimum Gasteiger partial charge on any atom is -0.504 e. The average Bonchev–Trinajstić information content (AvgIpc) is 2.97. The van der Waals surface area contributed by atoms with Crippen LogP contribution in [0.4, 0.5) is 0 Å². The van der Waals surface area contributed by atoms with Crippen molar-refractivity contribution in [3.63, 3.8) is 0 Å². The van der Waals surface area contributed by atoms with Crippen LogP contribution in [0.1, 0.15) is 52.5 Å². The van der Waals surface area contributed by atoms with Crippen LogP contribution in [0.15, 0.2) is 40.4 Å². The molecule has 23 heavy (non-hydrogen) atoms. The van der Waals surface area contributed by atoms with Crippen LogP contribution in [0, 0.1) is 22.7 Å². The van der Waals surface area contributed by atoms with Crippen molar-refractivity contribution in [3.05, 3.63) is 41.6 Å². The molecule has 0 unspecified atom stereocenters. The minimum absolute atomic E-state index is 0.0238. The Morgan fingerprint density at radius 2 is 2.04 bits per heavy atom. The molecule has 0 spiro atoms. The van der Waals surface area contributed by atoms with Crippen LogP contribution >= 0.6 is 0 Å². The Morgan fingerprint density at radius 3 is 2.70 bits per heavy atom. The van der Waals surface area contributed by atoms with E-state index in [1.165, 1.54) is 0 Å². The number of hydrogen-bond donors (Lipinski definition) is 1. The summed E-state index contributed by atoms with van der Waals surface area (Å²) in [6.45, 7) is 8.44. The van der Waals surface area contributed by atoms with Gasteiger partial charge in [0.1, 0.15) is 0 Å². The predicted molar refractivity (Wildman–Crippen MR) is 90.8 cm³/mol. The molecule has 0 aliphatic heterocycles. The highest BCUT2D eigenvalue weighted by molar-refractivity contribution is 5.98. The Kier molecular flexibility index (Phi) is 3.78. The molecule has 0 aromatic carbocycles. The lowest BCUT2D eigenvalue weighted by Gasteiger charge is -2.55. The fraction of sp³-hybridized carbons (Fsp3) is 0.550. The first-order valence-electron chi connectivity index (χ1n) is 8.42. The summed E-state index contributed by atoms with van der Waals surface area (Å²) in [5.74, 6) is -0.155. The van der Waals surface area contributed by atoms with Gasteiger partial charge in [-0.1, -0.05) is 39.3 Å². The summed E-state index contributed by atoms with van der Waals surface area (Å²) in [7, 11) is 0. The molecule has 0 bridgehead atoms. The number of fused-ring (bicyclic) bond motifs is 1. The van der Waals surface area contributed by atoms with Crippen molar-refractivity contribution in [2.45, 2.75) is 47.0 Å². The minimum atomic E-state index is -0.143. The van der Waals surface area contributed by atoms with Crippen LogP contribution in [0.5, 0.6) is 0 Å². The molecule has 1 aromatic rings. The number of carbonyl (C=O) groups excluding carboxylic acids is 1. The van der Waals surface area contributed by atoms with E-state index in [1.807, 2.05) is 19.1 Å². The van der Waals surface area contributed by atoms with Gasteiger partial charge >= 0.3 is 0 Å². The van der Waals surface area contributed by atoms with Gasteiger partial charge in [-0.25, -0.2) is 0 Å². The number of carbonyl (C=O) groups is 1. The summed E-state index contributed by atoms with van der Waals surface area (Å²) in [6, 6.07) is 1.91. The van der Waals surface area contributed by atoms with E-state index in [0.29, 0.717) is 0 Å². The first-order valence-corrected chi connectivity index (χ1v) is 8.42. The normalized spacial score (nSPS) is 34.0. The van der Waals surface area contributed by atoms with Gasteiger partial charge in [-0.15, -0.1) is 0 Å². The zero-order chi connectivity index (χ0) is 16.8. The predicted octanol–water partition coefficient (Wildman–Crippen LogP) is 5.16. The first kappa shape index (κ1) is 16.1. The Morgan fingerprint density at radius 1 is 1.30 bits per heavy atom. The second-order valence-electron chi connectivity index (χ2n) is 8.07. The SMILES string of the molecule is CC1=C(O)C(=O)[C@H]2C(C)(C)CCC[C@]2(C)[C@H]1C=Cc1ccoc1. The lowest BCUT2D eigenvalue weighted by Crippen LogP contribution is -2.53. The average molecular weight is 314 g/mol. The van der Waals surface area contributed by atoms with Crippen LogP contribution in [0.25, 0.3) is 6.08 Å². The van der Waals surface area contributed by atoms with Crippen LogP contribution < -0.4 is 0 Å². The maximum atomic E-state index is 12.8. The van der Waals surface area contributed by atoms with E-state index in [-0.39, 0.29) is 34.2 Å². The zero-order valence-electron chi connectivity index (χ0n) is 14.4. The smallest absolute Gasteiger partial charge is 0.201 e. The van der Waals surface area contributed by atoms with Gasteiger partial charge in [0, 0.05) is 17.4 Å². The van der Waals surface area contributed by atoms with Crippen LogP contribution in [0.3, 0.4) is 0 Å². The third kappa shape index (κ3) is 2.46. The van der Waals surface area contributed by atoms with Crippen molar-refractivity contribution in [1.29, 1.82) is 0 Å². The summed E-state index contributed by atoms with van der Waals surface area (Å²) in [6.07, 6.45) is 10.7. The molecule has 1 aromatic heterocycles. The van der Waals surface area contributed by atoms with Crippen molar-refractivity contribution >= 4 is 11.9 Å². The molecule has 1 N–H and O–H groups in total. The fourth-order valence-electron chi connectivity index (χ4n) is 5.01. The van der Waals surface area contributed by atoms with E-state index in [4.69, 9.17) is 4.42 Å². The molecule has 3 atom stereocenters. The number of rotatable bonds is 2. The fourth-order valence-corrected chi connectivity index (χ4v) is 5.01. The highest BCUT2D eigenvalue weighted by atomic mass is 16.3. The lowest BCUT2D eigenvalue weighted by atomic mass is 9.48.